The molecule has 0 saturated heterocycles. The van der Waals surface area contributed by atoms with Crippen molar-refractivity contribution in [3.05, 3.63) is 59.7 Å². The van der Waals surface area contributed by atoms with Crippen LogP contribution in [0.1, 0.15) is 51.2 Å². The maximum Gasteiger partial charge on any atom is 0.407 e. The van der Waals surface area contributed by atoms with E-state index >= 15 is 0 Å². The summed E-state index contributed by atoms with van der Waals surface area (Å²) < 4.78 is 15.8. The lowest BCUT2D eigenvalue weighted by Gasteiger charge is -2.22. The highest BCUT2D eigenvalue weighted by atomic mass is 16.5. The number of methoxy groups -OCH3 is 2. The van der Waals surface area contributed by atoms with Gasteiger partial charge in [-0.3, -0.25) is 9.59 Å². The Balaban J connectivity index is 1.90. The molecule has 2 rings (SSSR count). The Bertz CT molecular complexity index is 990. The highest BCUT2D eigenvalue weighted by Crippen LogP contribution is 2.22. The summed E-state index contributed by atoms with van der Waals surface area (Å²) >= 11 is 0. The molecule has 0 aliphatic heterocycles. The van der Waals surface area contributed by atoms with Crippen molar-refractivity contribution < 1.29 is 28.6 Å². The predicted octanol–water partition coefficient (Wildman–Crippen LogP) is 3.95. The summed E-state index contributed by atoms with van der Waals surface area (Å²) in [6.45, 7) is 6.24. The number of amides is 3. The second-order valence-electron chi connectivity index (χ2n) is 9.20. The Kier molecular flexibility index (Phi) is 12.3. The van der Waals surface area contributed by atoms with Gasteiger partial charge in [0.25, 0.3) is 0 Å². The summed E-state index contributed by atoms with van der Waals surface area (Å²) in [4.78, 5) is 37.9. The van der Waals surface area contributed by atoms with Crippen molar-refractivity contribution in [2.45, 2.75) is 65.3 Å². The normalized spacial score (nSPS) is 12.3. The van der Waals surface area contributed by atoms with Crippen LogP contribution in [0.4, 0.5) is 4.79 Å². The fourth-order valence-electron chi connectivity index (χ4n) is 3.80. The number of ether oxygens (including phenoxy) is 3. The Morgan fingerprint density at radius 3 is 2.11 bits per heavy atom. The molecule has 0 fully saturated rings. The Hall–Kier alpha value is -3.75. The van der Waals surface area contributed by atoms with Gasteiger partial charge in [-0.15, -0.1) is 0 Å². The lowest BCUT2D eigenvalue weighted by atomic mass is 10.0. The summed E-state index contributed by atoms with van der Waals surface area (Å²) in [7, 11) is 3.12. The van der Waals surface area contributed by atoms with Crippen molar-refractivity contribution in [3.63, 3.8) is 0 Å². The van der Waals surface area contributed by atoms with Crippen molar-refractivity contribution in [1.82, 2.24) is 16.0 Å². The van der Waals surface area contributed by atoms with Crippen molar-refractivity contribution in [1.29, 1.82) is 0 Å². The standard InChI is InChI=1S/C28H39N3O6/c1-6-25(27(33)29-17-21-13-23(35-4)16-24(14-21)36-5)31-26(32)15-22(12-19(2)3)30-28(34)37-18-20-10-8-7-9-11-20/h7-11,13-14,16,19,22,25H,6,12,15,17-18H2,1-5H3,(H,29,33)(H,30,34)(H,31,32). The third-order valence-electron chi connectivity index (χ3n) is 5.66. The molecule has 9 heteroatoms. The van der Waals surface area contributed by atoms with Gasteiger partial charge >= 0.3 is 6.09 Å². The fourth-order valence-corrected chi connectivity index (χ4v) is 3.80. The first-order valence-electron chi connectivity index (χ1n) is 12.5. The molecule has 2 aromatic rings. The molecule has 2 unspecified atom stereocenters. The first kappa shape index (κ1) is 29.5. The Morgan fingerprint density at radius 2 is 1.54 bits per heavy atom. The molecule has 0 heterocycles. The van der Waals surface area contributed by atoms with E-state index < -0.39 is 18.2 Å². The zero-order valence-corrected chi connectivity index (χ0v) is 22.3. The van der Waals surface area contributed by atoms with E-state index in [1.807, 2.05) is 51.1 Å². The number of carbonyl (C=O) groups excluding carboxylic acids is 3. The molecule has 0 bridgehead atoms. The first-order chi connectivity index (χ1) is 17.7. The first-order valence-corrected chi connectivity index (χ1v) is 12.5. The van der Waals surface area contributed by atoms with Crippen molar-refractivity contribution in [3.8, 4) is 11.5 Å². The monoisotopic (exact) mass is 513 g/mol. The van der Waals surface area contributed by atoms with Crippen molar-refractivity contribution >= 4 is 17.9 Å². The van der Waals surface area contributed by atoms with Gasteiger partial charge in [0.05, 0.1) is 14.2 Å². The smallest absolute Gasteiger partial charge is 0.407 e. The molecule has 0 saturated carbocycles. The summed E-state index contributed by atoms with van der Waals surface area (Å²) in [5, 5.41) is 8.44. The predicted molar refractivity (Wildman–Crippen MR) is 141 cm³/mol. The Morgan fingerprint density at radius 1 is 0.892 bits per heavy atom. The number of benzene rings is 2. The molecule has 2 atom stereocenters. The molecule has 202 valence electrons. The molecular weight excluding hydrogens is 474 g/mol. The van der Waals surface area contributed by atoms with Crippen LogP contribution in [0.15, 0.2) is 48.5 Å². The number of nitrogens with one attached hydrogen (secondary N) is 3. The van der Waals surface area contributed by atoms with Crippen molar-refractivity contribution in [2.24, 2.45) is 5.92 Å². The van der Waals surface area contributed by atoms with E-state index in [9.17, 15) is 14.4 Å². The average Bonchev–Trinajstić information content (AvgIpc) is 2.89. The summed E-state index contributed by atoms with van der Waals surface area (Å²) in [5.74, 6) is 0.870. The van der Waals surface area contributed by atoms with Gasteiger partial charge in [-0.1, -0.05) is 51.1 Å². The molecule has 0 radical (unpaired) electrons. The van der Waals surface area contributed by atoms with E-state index in [4.69, 9.17) is 14.2 Å². The summed E-state index contributed by atoms with van der Waals surface area (Å²) in [6, 6.07) is 13.6. The number of hydrogen-bond acceptors (Lipinski definition) is 6. The third-order valence-corrected chi connectivity index (χ3v) is 5.66. The highest BCUT2D eigenvalue weighted by molar-refractivity contribution is 5.87. The van der Waals surface area contributed by atoms with Crippen LogP contribution >= 0.6 is 0 Å². The van der Waals surface area contributed by atoms with E-state index in [1.165, 1.54) is 0 Å². The van der Waals surface area contributed by atoms with Crippen LogP contribution in [-0.2, 0) is 27.5 Å². The fraction of sp³-hybridized carbons (Fsp3) is 0.464. The summed E-state index contributed by atoms with van der Waals surface area (Å²) in [5.41, 5.74) is 1.68. The second kappa shape index (κ2) is 15.4. The molecule has 0 spiro atoms. The van der Waals surface area contributed by atoms with Crippen LogP contribution in [0.2, 0.25) is 0 Å². The number of hydrogen-bond donors (Lipinski definition) is 3. The number of alkyl carbamates (subject to hydrolysis) is 1. The minimum absolute atomic E-state index is 0.0372. The van der Waals surface area contributed by atoms with Gasteiger partial charge in [0, 0.05) is 25.1 Å². The van der Waals surface area contributed by atoms with Crippen molar-refractivity contribution in [2.75, 3.05) is 14.2 Å². The SMILES string of the molecule is CCC(NC(=O)CC(CC(C)C)NC(=O)OCc1ccccc1)C(=O)NCc1cc(OC)cc(OC)c1. The molecule has 9 nitrogen and oxygen atoms in total. The topological polar surface area (TPSA) is 115 Å². The lowest BCUT2D eigenvalue weighted by molar-refractivity contribution is -0.129. The van der Waals surface area contributed by atoms with Crippen LogP contribution in [0.25, 0.3) is 0 Å². The van der Waals surface area contributed by atoms with E-state index in [2.05, 4.69) is 16.0 Å². The minimum atomic E-state index is -0.704. The second-order valence-corrected chi connectivity index (χ2v) is 9.20. The highest BCUT2D eigenvalue weighted by Gasteiger charge is 2.23. The molecule has 37 heavy (non-hydrogen) atoms. The van der Waals surface area contributed by atoms with Crippen LogP contribution in [0.3, 0.4) is 0 Å². The Labute approximate surface area is 219 Å². The number of rotatable bonds is 14. The van der Waals surface area contributed by atoms with Crippen LogP contribution in [0, 0.1) is 5.92 Å². The molecule has 3 N–H and O–H groups in total. The van der Waals surface area contributed by atoms with Crippen LogP contribution in [-0.4, -0.2) is 44.2 Å². The van der Waals surface area contributed by atoms with Crippen LogP contribution < -0.4 is 25.4 Å². The average molecular weight is 514 g/mol. The largest absolute Gasteiger partial charge is 0.497 e. The van der Waals surface area contributed by atoms with Gasteiger partial charge in [0.15, 0.2) is 0 Å². The van der Waals surface area contributed by atoms with E-state index in [-0.39, 0.29) is 37.3 Å². The summed E-state index contributed by atoms with van der Waals surface area (Å²) in [6.07, 6.45) is 0.463. The number of carbonyl (C=O) groups is 3. The van der Waals surface area contributed by atoms with Gasteiger partial charge in [-0.2, -0.15) is 0 Å². The zero-order valence-electron chi connectivity index (χ0n) is 22.3. The zero-order chi connectivity index (χ0) is 27.2. The van der Waals surface area contributed by atoms with E-state index in [1.54, 1.807) is 32.4 Å². The molecule has 3 amide bonds. The van der Waals surface area contributed by atoms with Gasteiger partial charge < -0.3 is 30.2 Å². The van der Waals surface area contributed by atoms with E-state index in [0.29, 0.717) is 24.3 Å². The lowest BCUT2D eigenvalue weighted by Crippen LogP contribution is -2.48. The third kappa shape index (κ3) is 10.8. The molecule has 2 aromatic carbocycles. The minimum Gasteiger partial charge on any atom is -0.497 e. The van der Waals surface area contributed by atoms with Gasteiger partial charge in [0.1, 0.15) is 24.1 Å². The molecule has 0 aromatic heterocycles. The van der Waals surface area contributed by atoms with Crippen LogP contribution in [0.5, 0.6) is 11.5 Å². The quantitative estimate of drug-likeness (QED) is 0.352. The van der Waals surface area contributed by atoms with Gasteiger partial charge in [-0.05, 0) is 42.0 Å². The molecule has 0 aliphatic carbocycles. The van der Waals surface area contributed by atoms with E-state index in [0.717, 1.165) is 11.1 Å². The maximum atomic E-state index is 12.8. The molecule has 0 aliphatic rings. The maximum absolute atomic E-state index is 12.8. The van der Waals surface area contributed by atoms with Gasteiger partial charge in [0.2, 0.25) is 11.8 Å². The molecular formula is C28H39N3O6. The van der Waals surface area contributed by atoms with Gasteiger partial charge in [-0.25, -0.2) is 4.79 Å².